The van der Waals surface area contributed by atoms with E-state index >= 15 is 4.39 Å². The molecule has 2 aromatic heterocycles. The van der Waals surface area contributed by atoms with Gasteiger partial charge in [0.15, 0.2) is 10.9 Å². The van der Waals surface area contributed by atoms with Gasteiger partial charge in [-0.15, -0.1) is 0 Å². The predicted octanol–water partition coefficient (Wildman–Crippen LogP) is 6.54. The molecule has 220 valence electrons. The molecule has 0 aliphatic carbocycles. The predicted molar refractivity (Wildman–Crippen MR) is 159 cm³/mol. The fraction of sp³-hybridized carbons (Fsp3) is 0.429. The lowest BCUT2D eigenvalue weighted by atomic mass is 9.97. The number of amides is 3. The van der Waals surface area contributed by atoms with Gasteiger partial charge in [-0.3, -0.25) is 14.9 Å². The monoisotopic (exact) mass is 620 g/mol. The van der Waals surface area contributed by atoms with Crippen molar-refractivity contribution in [3.05, 3.63) is 51.6 Å². The molecule has 1 aliphatic heterocycles. The second-order valence-electron chi connectivity index (χ2n) is 11.1. The Morgan fingerprint density at radius 2 is 1.95 bits per heavy atom. The van der Waals surface area contributed by atoms with E-state index < -0.39 is 29.0 Å². The molecule has 3 aromatic rings. The maximum atomic E-state index is 16.2. The summed E-state index contributed by atoms with van der Waals surface area (Å²) >= 11 is 3.76. The van der Waals surface area contributed by atoms with Crippen LogP contribution < -0.4 is 10.1 Å². The van der Waals surface area contributed by atoms with Gasteiger partial charge in [-0.2, -0.15) is 11.3 Å². The van der Waals surface area contributed by atoms with Gasteiger partial charge in [-0.25, -0.2) is 14.2 Å². The Labute approximate surface area is 251 Å². The molecular weight excluding hydrogens is 588 g/mol. The maximum Gasteiger partial charge on any atom is 0.410 e. The number of nitrogens with one attached hydrogen (secondary N) is 1. The van der Waals surface area contributed by atoms with Gasteiger partial charge in [0.2, 0.25) is 0 Å². The van der Waals surface area contributed by atoms with Crippen molar-refractivity contribution in [3.63, 3.8) is 0 Å². The fourth-order valence-corrected chi connectivity index (χ4v) is 6.94. The molecule has 3 amide bonds. The quantitative estimate of drug-likeness (QED) is 0.334. The van der Waals surface area contributed by atoms with E-state index in [0.717, 1.165) is 11.8 Å². The highest BCUT2D eigenvalue weighted by atomic mass is 32.2. The standard InChI is InChI=1S/C28H33FN4O5S3/c1-16-12-18(37-7)20(24(35)33-10-9-32(15-28(33,5)6)26(36)38-27(2,3)4)21(29)22(16)40-19-13-30-25(41-19)31-23(34)17-8-11-39-14-17/h8,11-14H,9-10,15H2,1-7H3,(H,30,31,34). The van der Waals surface area contributed by atoms with Gasteiger partial charge in [-0.1, -0.05) is 23.1 Å². The number of benzene rings is 1. The fourth-order valence-electron chi connectivity index (χ4n) is 4.39. The minimum Gasteiger partial charge on any atom is -0.496 e. The number of ether oxygens (including phenoxy) is 2. The van der Waals surface area contributed by atoms with Crippen molar-refractivity contribution in [1.82, 2.24) is 14.8 Å². The lowest BCUT2D eigenvalue weighted by Gasteiger charge is -2.47. The number of carbonyl (C=O) groups is 3. The van der Waals surface area contributed by atoms with Gasteiger partial charge < -0.3 is 19.3 Å². The lowest BCUT2D eigenvalue weighted by Crippen LogP contribution is -2.62. The van der Waals surface area contributed by atoms with Crippen LogP contribution in [-0.4, -0.2) is 70.6 Å². The first-order valence-electron chi connectivity index (χ1n) is 12.8. The van der Waals surface area contributed by atoms with Crippen LogP contribution in [0.5, 0.6) is 5.75 Å². The Morgan fingerprint density at radius 3 is 2.56 bits per heavy atom. The van der Waals surface area contributed by atoms with Crippen molar-refractivity contribution >= 4 is 57.5 Å². The highest BCUT2D eigenvalue weighted by Gasteiger charge is 2.41. The summed E-state index contributed by atoms with van der Waals surface area (Å²) in [6.07, 6.45) is 1.10. The number of aryl methyl sites for hydroxylation is 1. The number of methoxy groups -OCH3 is 1. The number of nitrogens with zero attached hydrogens (tertiary/aromatic N) is 3. The number of thiophene rings is 1. The highest BCUT2D eigenvalue weighted by Crippen LogP contribution is 2.41. The second-order valence-corrected chi connectivity index (χ2v) is 14.3. The van der Waals surface area contributed by atoms with E-state index in [2.05, 4.69) is 10.3 Å². The van der Waals surface area contributed by atoms with Crippen molar-refractivity contribution in [2.75, 3.05) is 32.1 Å². The Balaban J connectivity index is 1.56. The summed E-state index contributed by atoms with van der Waals surface area (Å²) < 4.78 is 27.8. The van der Waals surface area contributed by atoms with Gasteiger partial charge in [-0.05, 0) is 64.6 Å². The molecule has 1 aromatic carbocycles. The van der Waals surface area contributed by atoms with E-state index in [4.69, 9.17) is 9.47 Å². The molecule has 3 heterocycles. The van der Waals surface area contributed by atoms with Crippen molar-refractivity contribution in [1.29, 1.82) is 0 Å². The largest absolute Gasteiger partial charge is 0.496 e. The van der Waals surface area contributed by atoms with E-state index in [-0.39, 0.29) is 41.7 Å². The van der Waals surface area contributed by atoms with Crippen LogP contribution in [0.1, 0.15) is 60.9 Å². The van der Waals surface area contributed by atoms with Gasteiger partial charge in [0.05, 0.1) is 33.5 Å². The molecule has 0 spiro atoms. The molecule has 1 fully saturated rings. The first-order chi connectivity index (χ1) is 19.2. The zero-order chi connectivity index (χ0) is 30.1. The zero-order valence-corrected chi connectivity index (χ0v) is 26.4. The number of rotatable bonds is 6. The normalized spacial score (nSPS) is 15.0. The number of carbonyl (C=O) groups excluding carboxylic acids is 3. The van der Waals surface area contributed by atoms with E-state index in [1.54, 1.807) is 61.2 Å². The van der Waals surface area contributed by atoms with Crippen LogP contribution in [0.15, 0.2) is 38.2 Å². The highest BCUT2D eigenvalue weighted by molar-refractivity contribution is 8.01. The third kappa shape index (κ3) is 7.02. The van der Waals surface area contributed by atoms with Gasteiger partial charge in [0.1, 0.15) is 16.9 Å². The summed E-state index contributed by atoms with van der Waals surface area (Å²) in [5.74, 6) is -1.36. The molecule has 1 saturated heterocycles. The number of anilines is 1. The van der Waals surface area contributed by atoms with Gasteiger partial charge in [0.25, 0.3) is 11.8 Å². The number of halogens is 1. The summed E-state index contributed by atoms with van der Waals surface area (Å²) in [4.78, 5) is 46.6. The average molecular weight is 621 g/mol. The van der Waals surface area contributed by atoms with Crippen molar-refractivity contribution in [3.8, 4) is 5.75 Å². The van der Waals surface area contributed by atoms with E-state index in [9.17, 15) is 14.4 Å². The van der Waals surface area contributed by atoms with E-state index in [1.807, 2.05) is 19.2 Å². The third-order valence-corrected chi connectivity index (χ3v) is 9.20. The summed E-state index contributed by atoms with van der Waals surface area (Å²) in [7, 11) is 1.40. The lowest BCUT2D eigenvalue weighted by molar-refractivity contribution is -0.0111. The maximum absolute atomic E-state index is 16.2. The van der Waals surface area contributed by atoms with Crippen molar-refractivity contribution in [2.45, 2.75) is 61.8 Å². The van der Waals surface area contributed by atoms with Crippen LogP contribution in [0, 0.1) is 12.7 Å². The first kappa shape index (κ1) is 30.8. The van der Waals surface area contributed by atoms with Gasteiger partial charge in [0, 0.05) is 25.0 Å². The molecule has 0 saturated carbocycles. The minimum absolute atomic E-state index is 0.132. The third-order valence-electron chi connectivity index (χ3n) is 6.29. The van der Waals surface area contributed by atoms with Crippen molar-refractivity contribution < 1.29 is 28.2 Å². The average Bonchev–Trinajstić information content (AvgIpc) is 3.57. The summed E-state index contributed by atoms with van der Waals surface area (Å²) in [5, 5.41) is 6.69. The smallest absolute Gasteiger partial charge is 0.410 e. The Bertz CT molecular complexity index is 1450. The molecule has 13 heteroatoms. The Hall–Kier alpha value is -3.16. The molecule has 9 nitrogen and oxygen atoms in total. The molecule has 41 heavy (non-hydrogen) atoms. The molecular formula is C28H33FN4O5S3. The minimum atomic E-state index is -0.797. The summed E-state index contributed by atoms with van der Waals surface area (Å²) in [6, 6.07) is 3.36. The van der Waals surface area contributed by atoms with Crippen LogP contribution in [-0.2, 0) is 4.74 Å². The number of aromatic nitrogens is 1. The Kier molecular flexibility index (Phi) is 9.00. The van der Waals surface area contributed by atoms with E-state index in [0.29, 0.717) is 20.5 Å². The molecule has 1 aliphatic rings. The van der Waals surface area contributed by atoms with Crippen LogP contribution in [0.25, 0.3) is 0 Å². The topological polar surface area (TPSA) is 101 Å². The van der Waals surface area contributed by atoms with Crippen LogP contribution in [0.2, 0.25) is 0 Å². The zero-order valence-electron chi connectivity index (χ0n) is 24.0. The number of thiazole rings is 1. The molecule has 0 unspecified atom stereocenters. The molecule has 0 bridgehead atoms. The molecule has 0 radical (unpaired) electrons. The second kappa shape index (κ2) is 12.0. The van der Waals surface area contributed by atoms with Crippen LogP contribution in [0.4, 0.5) is 14.3 Å². The van der Waals surface area contributed by atoms with Crippen molar-refractivity contribution in [2.24, 2.45) is 0 Å². The summed E-state index contributed by atoms with van der Waals surface area (Å²) in [6.45, 7) is 11.5. The van der Waals surface area contributed by atoms with E-state index in [1.165, 1.54) is 29.8 Å². The first-order valence-corrected chi connectivity index (χ1v) is 15.4. The van der Waals surface area contributed by atoms with Crippen LogP contribution in [0.3, 0.4) is 0 Å². The number of hydrogen-bond acceptors (Lipinski definition) is 9. The molecule has 4 rings (SSSR count). The van der Waals surface area contributed by atoms with Crippen LogP contribution >= 0.6 is 34.4 Å². The number of piperazine rings is 1. The number of hydrogen-bond donors (Lipinski definition) is 1. The van der Waals surface area contributed by atoms with Gasteiger partial charge >= 0.3 is 6.09 Å². The summed E-state index contributed by atoms with van der Waals surface area (Å²) in [5.41, 5.74) is -0.485. The molecule has 1 N–H and O–H groups in total. The SMILES string of the molecule is COc1cc(C)c(Sc2cnc(NC(=O)c3ccsc3)s2)c(F)c1C(=O)N1CCN(C(=O)OC(C)(C)C)CC1(C)C. The molecule has 0 atom stereocenters. The Morgan fingerprint density at radius 1 is 1.22 bits per heavy atom.